The molecule has 0 spiro atoms. The fourth-order valence-electron chi connectivity index (χ4n) is 1.63. The van der Waals surface area contributed by atoms with Crippen molar-refractivity contribution in [2.45, 2.75) is 20.1 Å². The Bertz CT molecular complexity index is 514. The van der Waals surface area contributed by atoms with E-state index in [-0.39, 0.29) is 0 Å². The number of rotatable bonds is 6. The fourth-order valence-corrected chi connectivity index (χ4v) is 1.75. The summed E-state index contributed by atoms with van der Waals surface area (Å²) in [4.78, 5) is 4.43. The number of ether oxygens (including phenoxy) is 1. The quantitative estimate of drug-likeness (QED) is 0.878. The molecule has 0 aliphatic heterocycles. The van der Waals surface area contributed by atoms with Crippen molar-refractivity contribution < 1.29 is 4.74 Å². The predicted octanol–water partition coefficient (Wildman–Crippen LogP) is 3.42. The maximum atomic E-state index is 5.84. The molecule has 3 nitrogen and oxygen atoms in total. The molecule has 0 aliphatic carbocycles. The highest BCUT2D eigenvalue weighted by molar-refractivity contribution is 6.30. The van der Waals surface area contributed by atoms with Crippen LogP contribution in [-0.4, -0.2) is 11.5 Å². The van der Waals surface area contributed by atoms with Crippen LogP contribution in [0.25, 0.3) is 0 Å². The molecule has 0 bridgehead atoms. The number of nitrogens with one attached hydrogen (secondary N) is 1. The Labute approximate surface area is 118 Å². The summed E-state index contributed by atoms with van der Waals surface area (Å²) < 4.78 is 5.67. The molecule has 0 amide bonds. The van der Waals surface area contributed by atoms with Gasteiger partial charge < -0.3 is 10.1 Å². The van der Waals surface area contributed by atoms with Crippen LogP contribution in [0.3, 0.4) is 0 Å². The lowest BCUT2D eigenvalue weighted by Gasteiger charge is -2.07. The van der Waals surface area contributed by atoms with Gasteiger partial charge in [-0.15, -0.1) is 0 Å². The summed E-state index contributed by atoms with van der Waals surface area (Å²) in [5, 5.41) is 3.97. The van der Waals surface area contributed by atoms with Crippen molar-refractivity contribution >= 4 is 11.6 Å². The maximum Gasteiger partial charge on any atom is 0.213 e. The van der Waals surface area contributed by atoms with E-state index in [0.29, 0.717) is 12.5 Å². The van der Waals surface area contributed by atoms with Gasteiger partial charge in [0.1, 0.15) is 6.61 Å². The van der Waals surface area contributed by atoms with Crippen LogP contribution in [0.5, 0.6) is 5.88 Å². The molecule has 19 heavy (non-hydrogen) atoms. The van der Waals surface area contributed by atoms with Crippen LogP contribution in [0.15, 0.2) is 42.5 Å². The summed E-state index contributed by atoms with van der Waals surface area (Å²) in [6.45, 7) is 4.25. The zero-order valence-corrected chi connectivity index (χ0v) is 11.7. The van der Waals surface area contributed by atoms with Crippen molar-refractivity contribution in [3.05, 3.63) is 58.7 Å². The molecule has 0 radical (unpaired) electrons. The molecule has 1 N–H and O–H groups in total. The van der Waals surface area contributed by atoms with E-state index in [2.05, 4.69) is 17.2 Å². The number of pyridine rings is 1. The third-order valence-electron chi connectivity index (χ3n) is 2.64. The molecule has 0 fully saturated rings. The Morgan fingerprint density at radius 3 is 2.68 bits per heavy atom. The number of aromatic nitrogens is 1. The van der Waals surface area contributed by atoms with Gasteiger partial charge >= 0.3 is 0 Å². The van der Waals surface area contributed by atoms with Crippen molar-refractivity contribution in [2.75, 3.05) is 6.54 Å². The molecular formula is C15H17ClN2O. The van der Waals surface area contributed by atoms with Gasteiger partial charge in [-0.1, -0.05) is 36.7 Å². The minimum Gasteiger partial charge on any atom is -0.473 e. The zero-order chi connectivity index (χ0) is 13.5. The van der Waals surface area contributed by atoms with Gasteiger partial charge in [-0.2, -0.15) is 0 Å². The average Bonchev–Trinajstić information content (AvgIpc) is 2.45. The van der Waals surface area contributed by atoms with Crippen LogP contribution in [0, 0.1) is 0 Å². The second kappa shape index (κ2) is 7.12. The molecule has 0 aliphatic rings. The summed E-state index contributed by atoms with van der Waals surface area (Å²) in [5.74, 6) is 0.644. The van der Waals surface area contributed by atoms with Gasteiger partial charge in [0.25, 0.3) is 0 Å². The summed E-state index contributed by atoms with van der Waals surface area (Å²) in [5.41, 5.74) is 2.05. The molecule has 1 aromatic carbocycles. The molecule has 4 heteroatoms. The van der Waals surface area contributed by atoms with E-state index in [1.54, 1.807) is 0 Å². The van der Waals surface area contributed by atoms with Gasteiger partial charge in [0.2, 0.25) is 5.88 Å². The van der Waals surface area contributed by atoms with Crippen LogP contribution >= 0.6 is 11.6 Å². The first-order valence-corrected chi connectivity index (χ1v) is 6.69. The Morgan fingerprint density at radius 2 is 1.95 bits per heavy atom. The number of hydrogen-bond acceptors (Lipinski definition) is 3. The van der Waals surface area contributed by atoms with Gasteiger partial charge in [0.05, 0.1) is 5.69 Å². The van der Waals surface area contributed by atoms with Gasteiger partial charge in [-0.05, 0) is 30.3 Å². The molecule has 0 unspecified atom stereocenters. The van der Waals surface area contributed by atoms with E-state index >= 15 is 0 Å². The van der Waals surface area contributed by atoms with Crippen LogP contribution in [0.1, 0.15) is 18.2 Å². The highest BCUT2D eigenvalue weighted by Gasteiger charge is 1.99. The van der Waals surface area contributed by atoms with E-state index in [4.69, 9.17) is 16.3 Å². The Kier molecular flexibility index (Phi) is 5.19. The topological polar surface area (TPSA) is 34.1 Å². The molecule has 0 atom stereocenters. The summed E-state index contributed by atoms with van der Waals surface area (Å²) in [6, 6.07) is 13.4. The number of nitrogens with zero attached hydrogens (tertiary/aromatic N) is 1. The smallest absolute Gasteiger partial charge is 0.213 e. The molecule has 0 saturated carbocycles. The molecule has 2 aromatic rings. The van der Waals surface area contributed by atoms with Crippen molar-refractivity contribution in [2.24, 2.45) is 0 Å². The monoisotopic (exact) mass is 276 g/mol. The lowest BCUT2D eigenvalue weighted by molar-refractivity contribution is 0.293. The first-order valence-electron chi connectivity index (χ1n) is 6.32. The molecule has 0 saturated heterocycles. The minimum absolute atomic E-state index is 0.495. The molecule has 2 rings (SSSR count). The van der Waals surface area contributed by atoms with E-state index in [0.717, 1.165) is 29.4 Å². The highest BCUT2D eigenvalue weighted by atomic mass is 35.5. The van der Waals surface area contributed by atoms with Gasteiger partial charge in [0.15, 0.2) is 0 Å². The van der Waals surface area contributed by atoms with Crippen LogP contribution in [0.2, 0.25) is 5.02 Å². The van der Waals surface area contributed by atoms with Gasteiger partial charge in [-0.25, -0.2) is 4.98 Å². The van der Waals surface area contributed by atoms with Crippen molar-refractivity contribution in [1.82, 2.24) is 10.3 Å². The lowest BCUT2D eigenvalue weighted by Crippen LogP contribution is -2.13. The number of hydrogen-bond donors (Lipinski definition) is 1. The number of halogens is 1. The Balaban J connectivity index is 1.93. The van der Waals surface area contributed by atoms with Crippen LogP contribution in [-0.2, 0) is 13.2 Å². The largest absolute Gasteiger partial charge is 0.473 e. The minimum atomic E-state index is 0.495. The van der Waals surface area contributed by atoms with Crippen LogP contribution < -0.4 is 10.1 Å². The normalized spacial score (nSPS) is 10.4. The van der Waals surface area contributed by atoms with E-state index < -0.39 is 0 Å². The second-order valence-corrected chi connectivity index (χ2v) is 4.60. The number of benzene rings is 1. The maximum absolute atomic E-state index is 5.84. The van der Waals surface area contributed by atoms with E-state index in [1.807, 2.05) is 42.5 Å². The highest BCUT2D eigenvalue weighted by Crippen LogP contribution is 2.13. The fraction of sp³-hybridized carbons (Fsp3) is 0.267. The van der Waals surface area contributed by atoms with Crippen molar-refractivity contribution in [3.63, 3.8) is 0 Å². The standard InChI is InChI=1S/C15H17ClN2O/c1-2-17-10-14-4-3-5-15(18-14)19-11-12-6-8-13(16)9-7-12/h3-9,17H,2,10-11H2,1H3. The third-order valence-corrected chi connectivity index (χ3v) is 2.89. The average molecular weight is 277 g/mol. The Hall–Kier alpha value is -1.58. The van der Waals surface area contributed by atoms with Gasteiger partial charge in [-0.3, -0.25) is 0 Å². The Morgan fingerprint density at radius 1 is 1.16 bits per heavy atom. The van der Waals surface area contributed by atoms with E-state index in [9.17, 15) is 0 Å². The van der Waals surface area contributed by atoms with Crippen molar-refractivity contribution in [1.29, 1.82) is 0 Å². The lowest BCUT2D eigenvalue weighted by atomic mass is 10.2. The van der Waals surface area contributed by atoms with Gasteiger partial charge in [0, 0.05) is 17.6 Å². The molecule has 100 valence electrons. The van der Waals surface area contributed by atoms with E-state index in [1.165, 1.54) is 0 Å². The molecule has 1 heterocycles. The first-order chi connectivity index (χ1) is 9.28. The molecule has 1 aromatic heterocycles. The second-order valence-electron chi connectivity index (χ2n) is 4.16. The van der Waals surface area contributed by atoms with Crippen molar-refractivity contribution in [3.8, 4) is 5.88 Å². The summed E-state index contributed by atoms with van der Waals surface area (Å²) in [7, 11) is 0. The first kappa shape index (κ1) is 13.8. The predicted molar refractivity (Wildman–Crippen MR) is 77.4 cm³/mol. The summed E-state index contributed by atoms with van der Waals surface area (Å²) in [6.07, 6.45) is 0. The summed E-state index contributed by atoms with van der Waals surface area (Å²) >= 11 is 5.84. The molecular weight excluding hydrogens is 260 g/mol. The van der Waals surface area contributed by atoms with Crippen LogP contribution in [0.4, 0.5) is 0 Å². The SMILES string of the molecule is CCNCc1cccc(OCc2ccc(Cl)cc2)n1. The zero-order valence-electron chi connectivity index (χ0n) is 10.9. The third kappa shape index (κ3) is 4.54.